The van der Waals surface area contributed by atoms with Crippen molar-refractivity contribution in [3.05, 3.63) is 46.9 Å². The van der Waals surface area contributed by atoms with E-state index in [2.05, 4.69) is 20.0 Å². The van der Waals surface area contributed by atoms with Crippen molar-refractivity contribution in [1.82, 2.24) is 9.97 Å². The molecule has 0 amide bonds. The number of nitrogens with one attached hydrogen (secondary N) is 1. The van der Waals surface area contributed by atoms with Crippen LogP contribution in [0.25, 0.3) is 0 Å². The highest BCUT2D eigenvalue weighted by molar-refractivity contribution is 6.33. The number of aryl methyl sites for hydroxylation is 1. The van der Waals surface area contributed by atoms with Crippen LogP contribution in [0.5, 0.6) is 0 Å². The maximum absolute atomic E-state index is 11.3. The quantitative estimate of drug-likeness (QED) is 0.874. The van der Waals surface area contributed by atoms with Gasteiger partial charge in [0.15, 0.2) is 0 Å². The first-order valence-electron chi connectivity index (χ1n) is 5.53. The van der Waals surface area contributed by atoms with Gasteiger partial charge in [-0.2, -0.15) is 0 Å². The van der Waals surface area contributed by atoms with Crippen molar-refractivity contribution in [3.8, 4) is 0 Å². The maximum Gasteiger partial charge on any atom is 0.339 e. The second kappa shape index (κ2) is 5.67. The van der Waals surface area contributed by atoms with Crippen LogP contribution in [0, 0.1) is 6.92 Å². The molecule has 0 spiro atoms. The lowest BCUT2D eigenvalue weighted by molar-refractivity contribution is 0.0600. The minimum Gasteiger partial charge on any atom is -0.465 e. The molecule has 2 aromatic heterocycles. The lowest BCUT2D eigenvalue weighted by atomic mass is 10.3. The molecule has 0 saturated heterocycles. The molecule has 19 heavy (non-hydrogen) atoms. The molecule has 0 aliphatic heterocycles. The Balaban J connectivity index is 2.22. The van der Waals surface area contributed by atoms with E-state index in [1.807, 2.05) is 19.1 Å². The number of carbonyl (C=O) groups is 1. The second-order valence-electron chi connectivity index (χ2n) is 3.86. The third-order valence-electron chi connectivity index (χ3n) is 2.44. The number of methoxy groups -OCH3 is 1. The van der Waals surface area contributed by atoms with E-state index in [9.17, 15) is 4.79 Å². The van der Waals surface area contributed by atoms with Crippen LogP contribution in [0.1, 0.15) is 16.1 Å². The summed E-state index contributed by atoms with van der Waals surface area (Å²) in [7, 11) is 1.31. The van der Waals surface area contributed by atoms with Gasteiger partial charge in [-0.3, -0.25) is 4.98 Å². The zero-order valence-corrected chi connectivity index (χ0v) is 11.2. The lowest BCUT2D eigenvalue weighted by Gasteiger charge is -2.08. The number of pyridine rings is 2. The first-order chi connectivity index (χ1) is 9.10. The van der Waals surface area contributed by atoms with Crippen LogP contribution in [0.4, 0.5) is 11.5 Å². The lowest BCUT2D eigenvalue weighted by Crippen LogP contribution is -2.03. The van der Waals surface area contributed by atoms with Crippen LogP contribution in [0.2, 0.25) is 5.02 Å². The van der Waals surface area contributed by atoms with Crippen molar-refractivity contribution in [2.75, 3.05) is 12.4 Å². The summed E-state index contributed by atoms with van der Waals surface area (Å²) in [5, 5.41) is 3.36. The molecule has 5 nitrogen and oxygen atoms in total. The molecule has 0 radical (unpaired) electrons. The summed E-state index contributed by atoms with van der Waals surface area (Å²) in [4.78, 5) is 19.6. The van der Waals surface area contributed by atoms with Gasteiger partial charge in [-0.05, 0) is 25.1 Å². The van der Waals surface area contributed by atoms with Gasteiger partial charge in [-0.15, -0.1) is 0 Å². The number of anilines is 2. The third kappa shape index (κ3) is 3.20. The van der Waals surface area contributed by atoms with Crippen LogP contribution in [0.3, 0.4) is 0 Å². The maximum atomic E-state index is 11.3. The van der Waals surface area contributed by atoms with Crippen molar-refractivity contribution in [2.24, 2.45) is 0 Å². The average molecular weight is 278 g/mol. The van der Waals surface area contributed by atoms with Gasteiger partial charge in [0.25, 0.3) is 0 Å². The van der Waals surface area contributed by atoms with Gasteiger partial charge < -0.3 is 10.1 Å². The molecular weight excluding hydrogens is 266 g/mol. The molecule has 0 aliphatic carbocycles. The van der Waals surface area contributed by atoms with Crippen molar-refractivity contribution in [2.45, 2.75) is 6.92 Å². The van der Waals surface area contributed by atoms with E-state index >= 15 is 0 Å². The summed E-state index contributed by atoms with van der Waals surface area (Å²) in [6.07, 6.45) is 3.09. The SMILES string of the molecule is COC(=O)c1cnc(Nc2ccc(C)nc2)c(Cl)c1. The van der Waals surface area contributed by atoms with Gasteiger partial charge in [-0.1, -0.05) is 11.6 Å². The van der Waals surface area contributed by atoms with Crippen molar-refractivity contribution in [3.63, 3.8) is 0 Å². The van der Waals surface area contributed by atoms with Crippen molar-refractivity contribution >= 4 is 29.1 Å². The zero-order valence-electron chi connectivity index (χ0n) is 10.5. The van der Waals surface area contributed by atoms with Crippen LogP contribution in [-0.4, -0.2) is 23.0 Å². The van der Waals surface area contributed by atoms with Crippen LogP contribution < -0.4 is 5.32 Å². The number of halogens is 1. The summed E-state index contributed by atoms with van der Waals surface area (Å²) in [6, 6.07) is 5.25. The summed E-state index contributed by atoms with van der Waals surface area (Å²) in [5.74, 6) is -0.0158. The largest absolute Gasteiger partial charge is 0.465 e. The number of hydrogen-bond acceptors (Lipinski definition) is 5. The van der Waals surface area contributed by atoms with E-state index < -0.39 is 5.97 Å². The number of nitrogens with zero attached hydrogens (tertiary/aromatic N) is 2. The van der Waals surface area contributed by atoms with Crippen molar-refractivity contribution in [1.29, 1.82) is 0 Å². The molecule has 0 unspecified atom stereocenters. The molecule has 0 aliphatic rings. The third-order valence-corrected chi connectivity index (χ3v) is 2.72. The van der Waals surface area contributed by atoms with E-state index in [-0.39, 0.29) is 0 Å². The molecule has 2 rings (SSSR count). The summed E-state index contributed by atoms with van der Waals surface area (Å²) < 4.78 is 4.59. The minimum absolute atomic E-state index is 0.306. The average Bonchev–Trinajstić information content (AvgIpc) is 2.42. The van der Waals surface area contributed by atoms with Gasteiger partial charge >= 0.3 is 5.97 Å². The highest BCUT2D eigenvalue weighted by Gasteiger charge is 2.10. The van der Waals surface area contributed by atoms with E-state index in [0.717, 1.165) is 11.4 Å². The normalized spacial score (nSPS) is 10.1. The Bertz CT molecular complexity index is 599. The van der Waals surface area contributed by atoms with E-state index in [1.165, 1.54) is 19.4 Å². The van der Waals surface area contributed by atoms with Crippen LogP contribution >= 0.6 is 11.6 Å². The number of carbonyl (C=O) groups excluding carboxylic acids is 1. The zero-order chi connectivity index (χ0) is 13.8. The Morgan fingerprint density at radius 3 is 2.68 bits per heavy atom. The fourth-order valence-corrected chi connectivity index (χ4v) is 1.65. The first-order valence-corrected chi connectivity index (χ1v) is 5.91. The number of aromatic nitrogens is 2. The van der Waals surface area contributed by atoms with Crippen molar-refractivity contribution < 1.29 is 9.53 Å². The molecule has 0 bridgehead atoms. The Labute approximate surface area is 115 Å². The summed E-state index contributed by atoms with van der Waals surface area (Å²) in [5.41, 5.74) is 2.00. The van der Waals surface area contributed by atoms with Gasteiger partial charge in [0.05, 0.1) is 29.6 Å². The highest BCUT2D eigenvalue weighted by Crippen LogP contribution is 2.23. The molecular formula is C13H12ClN3O2. The van der Waals surface area contributed by atoms with Gasteiger partial charge in [-0.25, -0.2) is 9.78 Å². The molecule has 98 valence electrons. The Morgan fingerprint density at radius 1 is 1.32 bits per heavy atom. The van der Waals surface area contributed by atoms with Gasteiger partial charge in [0.1, 0.15) is 5.82 Å². The van der Waals surface area contributed by atoms with Crippen LogP contribution in [0.15, 0.2) is 30.6 Å². The minimum atomic E-state index is -0.474. The Hall–Kier alpha value is -2.14. The van der Waals surface area contributed by atoms with E-state index in [0.29, 0.717) is 16.4 Å². The molecule has 1 N–H and O–H groups in total. The van der Waals surface area contributed by atoms with E-state index in [4.69, 9.17) is 11.6 Å². The first kappa shape index (κ1) is 13.3. The number of esters is 1. The second-order valence-corrected chi connectivity index (χ2v) is 4.27. The Morgan fingerprint density at radius 2 is 2.11 bits per heavy atom. The molecule has 6 heteroatoms. The monoisotopic (exact) mass is 277 g/mol. The number of hydrogen-bond donors (Lipinski definition) is 1. The standard InChI is InChI=1S/C13H12ClN3O2/c1-8-3-4-10(7-15-8)17-12-11(14)5-9(6-16-12)13(18)19-2/h3-7H,1-2H3,(H,16,17). The predicted octanol–water partition coefficient (Wildman–Crippen LogP) is 2.97. The molecule has 0 atom stereocenters. The smallest absolute Gasteiger partial charge is 0.339 e. The molecule has 2 heterocycles. The molecule has 0 fully saturated rings. The number of ether oxygens (including phenoxy) is 1. The summed E-state index contributed by atoms with van der Waals surface area (Å²) >= 11 is 6.06. The molecule has 0 saturated carbocycles. The van der Waals surface area contributed by atoms with Gasteiger partial charge in [0.2, 0.25) is 0 Å². The topological polar surface area (TPSA) is 64.1 Å². The van der Waals surface area contributed by atoms with Gasteiger partial charge in [0, 0.05) is 11.9 Å². The fourth-order valence-electron chi connectivity index (χ4n) is 1.44. The molecule has 2 aromatic rings. The molecule has 0 aromatic carbocycles. The Kier molecular flexibility index (Phi) is 3.97. The predicted molar refractivity (Wildman–Crippen MR) is 72.8 cm³/mol. The highest BCUT2D eigenvalue weighted by atomic mass is 35.5. The van der Waals surface area contributed by atoms with Crippen LogP contribution in [-0.2, 0) is 4.74 Å². The summed E-state index contributed by atoms with van der Waals surface area (Å²) in [6.45, 7) is 1.90. The fraction of sp³-hybridized carbons (Fsp3) is 0.154. The van der Waals surface area contributed by atoms with E-state index in [1.54, 1.807) is 6.20 Å². The number of rotatable bonds is 3.